The largest absolute Gasteiger partial charge is 0.481 e. The van der Waals surface area contributed by atoms with Gasteiger partial charge in [0.05, 0.1) is 5.92 Å². The maximum Gasteiger partial charge on any atom is 0.306 e. The monoisotopic (exact) mass is 193 g/mol. The molecule has 0 bridgehead atoms. The summed E-state index contributed by atoms with van der Waals surface area (Å²) in [7, 11) is 0. The molecule has 0 aliphatic heterocycles. The molecule has 3 heteroatoms. The van der Waals surface area contributed by atoms with Crippen molar-refractivity contribution in [2.24, 2.45) is 5.92 Å². The van der Waals surface area contributed by atoms with Gasteiger partial charge in [0, 0.05) is 12.4 Å². The number of hydrogen-bond acceptors (Lipinski definition) is 2. The molecule has 0 aliphatic carbocycles. The SMILES string of the molecule is Cc1cncc(CCC(C)C(=O)O)c1. The summed E-state index contributed by atoms with van der Waals surface area (Å²) in [6.07, 6.45) is 5.04. The van der Waals surface area contributed by atoms with Crippen molar-refractivity contribution in [3.63, 3.8) is 0 Å². The predicted octanol–water partition coefficient (Wildman–Crippen LogP) is 2.04. The summed E-state index contributed by atoms with van der Waals surface area (Å²) in [6, 6.07) is 2.04. The van der Waals surface area contributed by atoms with Gasteiger partial charge in [-0.3, -0.25) is 9.78 Å². The first kappa shape index (κ1) is 10.7. The third-order valence-electron chi connectivity index (χ3n) is 2.22. The van der Waals surface area contributed by atoms with Crippen LogP contribution < -0.4 is 0 Å². The fourth-order valence-corrected chi connectivity index (χ4v) is 1.26. The molecule has 0 aromatic carbocycles. The van der Waals surface area contributed by atoms with Gasteiger partial charge in [-0.15, -0.1) is 0 Å². The zero-order valence-corrected chi connectivity index (χ0v) is 8.53. The maximum atomic E-state index is 10.6. The highest BCUT2D eigenvalue weighted by molar-refractivity contribution is 5.69. The molecule has 0 radical (unpaired) electrons. The Morgan fingerprint density at radius 3 is 2.86 bits per heavy atom. The molecule has 1 atom stereocenters. The normalized spacial score (nSPS) is 12.4. The third-order valence-corrected chi connectivity index (χ3v) is 2.22. The van der Waals surface area contributed by atoms with Crippen molar-refractivity contribution in [3.8, 4) is 0 Å². The number of aromatic nitrogens is 1. The van der Waals surface area contributed by atoms with Crippen molar-refractivity contribution in [1.29, 1.82) is 0 Å². The van der Waals surface area contributed by atoms with Crippen molar-refractivity contribution in [3.05, 3.63) is 29.6 Å². The van der Waals surface area contributed by atoms with Crippen LogP contribution in [0.5, 0.6) is 0 Å². The van der Waals surface area contributed by atoms with E-state index in [0.29, 0.717) is 6.42 Å². The smallest absolute Gasteiger partial charge is 0.306 e. The summed E-state index contributed by atoms with van der Waals surface area (Å²) in [5.41, 5.74) is 2.23. The number of nitrogens with zero attached hydrogens (tertiary/aromatic N) is 1. The second kappa shape index (κ2) is 4.74. The van der Waals surface area contributed by atoms with Crippen LogP contribution in [-0.2, 0) is 11.2 Å². The molecule has 1 unspecified atom stereocenters. The lowest BCUT2D eigenvalue weighted by molar-refractivity contribution is -0.141. The molecule has 0 fully saturated rings. The van der Waals surface area contributed by atoms with Crippen LogP contribution in [0.2, 0.25) is 0 Å². The molecule has 0 saturated heterocycles. The van der Waals surface area contributed by atoms with Crippen LogP contribution in [0.4, 0.5) is 0 Å². The van der Waals surface area contributed by atoms with Gasteiger partial charge in [0.15, 0.2) is 0 Å². The average molecular weight is 193 g/mol. The standard InChI is InChI=1S/C11H15NO2/c1-8-5-10(7-12-6-8)4-3-9(2)11(13)14/h5-7,9H,3-4H2,1-2H3,(H,13,14). The lowest BCUT2D eigenvalue weighted by Gasteiger charge is -2.05. The van der Waals surface area contributed by atoms with E-state index < -0.39 is 5.97 Å². The number of pyridine rings is 1. The van der Waals surface area contributed by atoms with Crippen LogP contribution in [0, 0.1) is 12.8 Å². The molecule has 1 aromatic heterocycles. The fraction of sp³-hybridized carbons (Fsp3) is 0.455. The molecule has 1 rings (SSSR count). The zero-order valence-electron chi connectivity index (χ0n) is 8.53. The Labute approximate surface area is 83.8 Å². The van der Waals surface area contributed by atoms with Gasteiger partial charge in [-0.25, -0.2) is 0 Å². The Kier molecular flexibility index (Phi) is 3.63. The molecule has 0 saturated carbocycles. The van der Waals surface area contributed by atoms with Gasteiger partial charge in [0.1, 0.15) is 0 Å². The van der Waals surface area contributed by atoms with Crippen molar-refractivity contribution in [2.75, 3.05) is 0 Å². The van der Waals surface area contributed by atoms with Gasteiger partial charge in [0.25, 0.3) is 0 Å². The van der Waals surface area contributed by atoms with Gasteiger partial charge < -0.3 is 5.11 Å². The first-order valence-electron chi connectivity index (χ1n) is 4.73. The van der Waals surface area contributed by atoms with Gasteiger partial charge in [-0.2, -0.15) is 0 Å². The average Bonchev–Trinajstić information content (AvgIpc) is 2.14. The van der Waals surface area contributed by atoms with Crippen LogP contribution >= 0.6 is 0 Å². The lowest BCUT2D eigenvalue weighted by Crippen LogP contribution is -2.10. The lowest BCUT2D eigenvalue weighted by atomic mass is 10.0. The summed E-state index contributed by atoms with van der Waals surface area (Å²) in [5.74, 6) is -1.01. The van der Waals surface area contributed by atoms with Gasteiger partial charge in [-0.05, 0) is 30.9 Å². The highest BCUT2D eigenvalue weighted by Crippen LogP contribution is 2.09. The fourth-order valence-electron chi connectivity index (χ4n) is 1.26. The van der Waals surface area contributed by atoms with E-state index in [4.69, 9.17) is 5.11 Å². The van der Waals surface area contributed by atoms with E-state index >= 15 is 0 Å². The Hall–Kier alpha value is -1.38. The quantitative estimate of drug-likeness (QED) is 0.796. The van der Waals surface area contributed by atoms with Crippen molar-refractivity contribution >= 4 is 5.97 Å². The summed E-state index contributed by atoms with van der Waals surface area (Å²) in [4.78, 5) is 14.6. The predicted molar refractivity (Wildman–Crippen MR) is 54.1 cm³/mol. The minimum atomic E-state index is -0.731. The number of hydrogen-bond donors (Lipinski definition) is 1. The van der Waals surface area contributed by atoms with E-state index in [1.54, 1.807) is 19.3 Å². The van der Waals surface area contributed by atoms with E-state index in [0.717, 1.165) is 17.5 Å². The summed E-state index contributed by atoms with van der Waals surface area (Å²) in [5, 5.41) is 8.70. The van der Waals surface area contributed by atoms with Crippen LogP contribution in [0.15, 0.2) is 18.5 Å². The highest BCUT2D eigenvalue weighted by Gasteiger charge is 2.10. The van der Waals surface area contributed by atoms with Crippen LogP contribution in [0.25, 0.3) is 0 Å². The van der Waals surface area contributed by atoms with E-state index in [2.05, 4.69) is 4.98 Å². The number of aryl methyl sites for hydroxylation is 2. The van der Waals surface area contributed by atoms with E-state index in [9.17, 15) is 4.79 Å². The molecular formula is C11H15NO2. The van der Waals surface area contributed by atoms with E-state index in [1.165, 1.54) is 0 Å². The molecule has 76 valence electrons. The second-order valence-electron chi connectivity index (χ2n) is 3.65. The molecule has 0 spiro atoms. The molecule has 3 nitrogen and oxygen atoms in total. The summed E-state index contributed by atoms with van der Waals surface area (Å²) < 4.78 is 0. The van der Waals surface area contributed by atoms with Gasteiger partial charge in [-0.1, -0.05) is 13.0 Å². The number of rotatable bonds is 4. The third kappa shape index (κ3) is 3.17. The van der Waals surface area contributed by atoms with Crippen LogP contribution in [0.1, 0.15) is 24.5 Å². The Morgan fingerprint density at radius 2 is 2.29 bits per heavy atom. The minimum absolute atomic E-state index is 0.282. The molecule has 1 N–H and O–H groups in total. The molecule has 1 heterocycles. The number of aliphatic carboxylic acids is 1. The molecule has 0 aliphatic rings. The number of carboxylic acid groups (broad SMARTS) is 1. The first-order chi connectivity index (χ1) is 6.59. The molecular weight excluding hydrogens is 178 g/mol. The van der Waals surface area contributed by atoms with Crippen molar-refractivity contribution in [1.82, 2.24) is 4.98 Å². The zero-order chi connectivity index (χ0) is 10.6. The first-order valence-corrected chi connectivity index (χ1v) is 4.73. The Balaban J connectivity index is 2.49. The Morgan fingerprint density at radius 1 is 1.57 bits per heavy atom. The molecule has 0 amide bonds. The molecule has 14 heavy (non-hydrogen) atoms. The maximum absolute atomic E-state index is 10.6. The summed E-state index contributed by atoms with van der Waals surface area (Å²) >= 11 is 0. The Bertz CT molecular complexity index is 323. The van der Waals surface area contributed by atoms with Crippen molar-refractivity contribution in [2.45, 2.75) is 26.7 Å². The van der Waals surface area contributed by atoms with E-state index in [-0.39, 0.29) is 5.92 Å². The van der Waals surface area contributed by atoms with Crippen LogP contribution in [0.3, 0.4) is 0 Å². The highest BCUT2D eigenvalue weighted by atomic mass is 16.4. The van der Waals surface area contributed by atoms with E-state index in [1.807, 2.05) is 13.0 Å². The van der Waals surface area contributed by atoms with Gasteiger partial charge >= 0.3 is 5.97 Å². The van der Waals surface area contributed by atoms with Crippen molar-refractivity contribution < 1.29 is 9.90 Å². The number of carboxylic acids is 1. The topological polar surface area (TPSA) is 50.2 Å². The number of carbonyl (C=O) groups is 1. The van der Waals surface area contributed by atoms with Crippen LogP contribution in [-0.4, -0.2) is 16.1 Å². The summed E-state index contributed by atoms with van der Waals surface area (Å²) in [6.45, 7) is 3.71. The minimum Gasteiger partial charge on any atom is -0.481 e. The second-order valence-corrected chi connectivity index (χ2v) is 3.65. The van der Waals surface area contributed by atoms with Gasteiger partial charge in [0.2, 0.25) is 0 Å². The molecule has 1 aromatic rings.